The lowest BCUT2D eigenvalue weighted by atomic mass is 10.0. The van der Waals surface area contributed by atoms with Gasteiger partial charge in [0.05, 0.1) is 24.3 Å². The van der Waals surface area contributed by atoms with Gasteiger partial charge in [-0.25, -0.2) is 14.8 Å². The van der Waals surface area contributed by atoms with Crippen LogP contribution in [0, 0.1) is 0 Å². The Morgan fingerprint density at radius 1 is 1.22 bits per heavy atom. The lowest BCUT2D eigenvalue weighted by Crippen LogP contribution is -2.38. The number of esters is 1. The van der Waals surface area contributed by atoms with Crippen molar-refractivity contribution in [2.24, 2.45) is 0 Å². The summed E-state index contributed by atoms with van der Waals surface area (Å²) in [6, 6.07) is 6.91. The molecule has 11 heteroatoms. The van der Waals surface area contributed by atoms with Crippen molar-refractivity contribution in [3.63, 3.8) is 0 Å². The molecule has 1 aliphatic heterocycles. The number of aromatic amines is 1. The molecule has 0 spiro atoms. The average molecular weight is 512 g/mol. The summed E-state index contributed by atoms with van der Waals surface area (Å²) in [6.07, 6.45) is 1.74. The molecule has 1 aliphatic rings. The molecule has 11 nitrogen and oxygen atoms in total. The number of aliphatic hydroxyl groups excluding tert-OH is 2. The van der Waals surface area contributed by atoms with Gasteiger partial charge in [0.2, 0.25) is 0 Å². The Hall–Kier alpha value is -3.38. The highest BCUT2D eigenvalue weighted by Gasteiger charge is 2.44. The second-order valence-electron chi connectivity index (χ2n) is 9.43. The zero-order valence-electron chi connectivity index (χ0n) is 21.0. The van der Waals surface area contributed by atoms with Gasteiger partial charge in [-0.3, -0.25) is 4.79 Å². The molecule has 1 aromatic carbocycles. The van der Waals surface area contributed by atoms with Gasteiger partial charge >= 0.3 is 5.97 Å². The van der Waals surface area contributed by atoms with E-state index in [0.29, 0.717) is 47.5 Å². The maximum atomic E-state index is 12.4. The predicted octanol–water partition coefficient (Wildman–Crippen LogP) is 1.40. The fourth-order valence-electron chi connectivity index (χ4n) is 4.70. The molecule has 1 saturated heterocycles. The Labute approximate surface area is 214 Å². The highest BCUT2D eigenvalue weighted by Crippen LogP contribution is 2.37. The van der Waals surface area contributed by atoms with E-state index in [4.69, 9.17) is 15.2 Å². The molecule has 0 radical (unpaired) electrons. The number of aromatic nitrogens is 3. The molecule has 4 rings (SSSR count). The number of nitrogens with two attached hydrogens (primary N) is 1. The molecule has 0 unspecified atom stereocenters. The molecule has 198 valence electrons. The number of H-pyrrole nitrogens is 1. The number of ketones is 1. The largest absolute Gasteiger partial charge is 0.465 e. The Morgan fingerprint density at radius 3 is 2.81 bits per heavy atom. The van der Waals surface area contributed by atoms with Crippen LogP contribution in [-0.2, 0) is 20.7 Å². The maximum absolute atomic E-state index is 12.4. The number of benzene rings is 1. The first kappa shape index (κ1) is 26.7. The van der Waals surface area contributed by atoms with E-state index in [0.717, 1.165) is 18.4 Å². The molecule has 0 saturated carbocycles. The van der Waals surface area contributed by atoms with Crippen LogP contribution in [0.25, 0.3) is 11.0 Å². The van der Waals surface area contributed by atoms with Crippen molar-refractivity contribution >= 4 is 28.6 Å². The van der Waals surface area contributed by atoms with Crippen LogP contribution in [0.5, 0.6) is 0 Å². The molecule has 3 aromatic rings. The van der Waals surface area contributed by atoms with E-state index in [2.05, 4.69) is 15.0 Å². The molecule has 0 bridgehead atoms. The quantitative estimate of drug-likeness (QED) is 0.218. The van der Waals surface area contributed by atoms with Crippen LogP contribution in [0.1, 0.15) is 46.9 Å². The minimum atomic E-state index is -1.11. The van der Waals surface area contributed by atoms with Crippen molar-refractivity contribution in [1.82, 2.24) is 19.9 Å². The lowest BCUT2D eigenvalue weighted by Gasteiger charge is -2.22. The van der Waals surface area contributed by atoms with E-state index >= 15 is 0 Å². The highest BCUT2D eigenvalue weighted by molar-refractivity contribution is 5.90. The van der Waals surface area contributed by atoms with Gasteiger partial charge in [-0.05, 0) is 44.1 Å². The third-order valence-electron chi connectivity index (χ3n) is 6.68. The highest BCUT2D eigenvalue weighted by atomic mass is 16.5. The van der Waals surface area contributed by atoms with E-state index < -0.39 is 30.4 Å². The summed E-state index contributed by atoms with van der Waals surface area (Å²) in [4.78, 5) is 37.3. The van der Waals surface area contributed by atoms with Crippen LogP contribution < -0.4 is 5.73 Å². The summed E-state index contributed by atoms with van der Waals surface area (Å²) in [7, 11) is 3.24. The van der Waals surface area contributed by atoms with Crippen molar-refractivity contribution in [1.29, 1.82) is 0 Å². The Balaban J connectivity index is 1.22. The van der Waals surface area contributed by atoms with E-state index in [1.165, 1.54) is 13.4 Å². The van der Waals surface area contributed by atoms with E-state index in [-0.39, 0.29) is 12.2 Å². The van der Waals surface area contributed by atoms with Crippen molar-refractivity contribution in [3.8, 4) is 0 Å². The summed E-state index contributed by atoms with van der Waals surface area (Å²) in [5, 5.41) is 21.3. The molecule has 4 atom stereocenters. The summed E-state index contributed by atoms with van der Waals surface area (Å²) >= 11 is 0. The number of hydrogen-bond acceptors (Lipinski definition) is 10. The van der Waals surface area contributed by atoms with Crippen LogP contribution in [0.4, 0.5) is 5.82 Å². The van der Waals surface area contributed by atoms with Crippen LogP contribution in [0.15, 0.2) is 36.8 Å². The number of likely N-dealkylation sites (N-methyl/N-ethyl adjacent to an activating group) is 1. The number of carbonyl (C=O) groups excluding carboxylic acids is 2. The lowest BCUT2D eigenvalue weighted by molar-refractivity contribution is -0.118. The number of aliphatic hydroxyl groups is 2. The number of ether oxygens (including phenoxy) is 2. The molecular formula is C26H33N5O6. The molecule has 0 aliphatic carbocycles. The Bertz CT molecular complexity index is 1250. The molecule has 2 aromatic heterocycles. The number of methoxy groups -OCH3 is 1. The summed E-state index contributed by atoms with van der Waals surface area (Å²) in [5.74, 6) is -0.0187. The topological polar surface area (TPSA) is 164 Å². The Kier molecular flexibility index (Phi) is 8.49. The number of Topliss-reactive ketones (excluding diaryl/α,β-unsaturated/α-hetero) is 1. The summed E-state index contributed by atoms with van der Waals surface area (Å²) < 4.78 is 10.8. The standard InChI is InChI=1S/C26H33N5O6/c1-31(9-4-3-8-17(32)11-15-6-5-7-16(10-15)26(35)36-2)13-19-22(33)23(34)24(37-19)18-12-28-21-20(18)29-14-30-25(21)27/h5-7,10,12,14,19,22-24,28,33-34H,3-4,8-9,11,13H2,1-2H3,(H2,27,29,30)/t19-,22-,23-,24+/m1/s1. The first-order chi connectivity index (χ1) is 17.8. The third-order valence-corrected chi connectivity index (χ3v) is 6.68. The molecule has 3 heterocycles. The van der Waals surface area contributed by atoms with Crippen LogP contribution >= 0.6 is 0 Å². The molecular weight excluding hydrogens is 478 g/mol. The van der Waals surface area contributed by atoms with Gasteiger partial charge in [-0.2, -0.15) is 0 Å². The number of nitrogens with one attached hydrogen (secondary N) is 1. The summed E-state index contributed by atoms with van der Waals surface area (Å²) in [6.45, 7) is 1.12. The van der Waals surface area contributed by atoms with Gasteiger partial charge in [0.1, 0.15) is 35.9 Å². The second kappa shape index (κ2) is 11.8. The number of unbranched alkanes of at least 4 members (excludes halogenated alkanes) is 1. The molecule has 1 fully saturated rings. The number of nitrogens with zero attached hydrogens (tertiary/aromatic N) is 3. The molecule has 5 N–H and O–H groups in total. The van der Waals surface area contributed by atoms with Crippen molar-refractivity contribution < 1.29 is 29.3 Å². The normalized spacial score (nSPS) is 21.5. The predicted molar refractivity (Wildman–Crippen MR) is 136 cm³/mol. The van der Waals surface area contributed by atoms with Gasteiger partial charge < -0.3 is 35.3 Å². The van der Waals surface area contributed by atoms with Gasteiger partial charge in [0.25, 0.3) is 0 Å². The van der Waals surface area contributed by atoms with Crippen molar-refractivity contribution in [2.75, 3.05) is 33.0 Å². The zero-order chi connectivity index (χ0) is 26.5. The first-order valence-electron chi connectivity index (χ1n) is 12.2. The van der Waals surface area contributed by atoms with Gasteiger partial charge in [0, 0.05) is 31.1 Å². The van der Waals surface area contributed by atoms with Crippen LogP contribution in [-0.4, -0.2) is 87.4 Å². The number of rotatable bonds is 11. The number of carbonyl (C=O) groups is 2. The minimum Gasteiger partial charge on any atom is -0.465 e. The number of hydrogen-bond donors (Lipinski definition) is 4. The maximum Gasteiger partial charge on any atom is 0.337 e. The van der Waals surface area contributed by atoms with E-state index in [9.17, 15) is 19.8 Å². The van der Waals surface area contributed by atoms with Crippen LogP contribution in [0.3, 0.4) is 0 Å². The van der Waals surface area contributed by atoms with E-state index in [1.54, 1.807) is 24.4 Å². The van der Waals surface area contributed by atoms with Crippen molar-refractivity contribution in [3.05, 3.63) is 53.5 Å². The smallest absolute Gasteiger partial charge is 0.337 e. The van der Waals surface area contributed by atoms with Crippen LogP contribution in [0.2, 0.25) is 0 Å². The monoisotopic (exact) mass is 511 g/mol. The Morgan fingerprint density at radius 2 is 2.03 bits per heavy atom. The zero-order valence-corrected chi connectivity index (χ0v) is 21.0. The molecule has 0 amide bonds. The average Bonchev–Trinajstić information content (AvgIpc) is 3.43. The van der Waals surface area contributed by atoms with E-state index in [1.807, 2.05) is 18.0 Å². The fraction of sp³-hybridized carbons (Fsp3) is 0.462. The third kappa shape index (κ3) is 6.13. The first-order valence-corrected chi connectivity index (χ1v) is 12.2. The van der Waals surface area contributed by atoms with Gasteiger partial charge in [-0.1, -0.05) is 12.1 Å². The van der Waals surface area contributed by atoms with Gasteiger partial charge in [0.15, 0.2) is 5.82 Å². The second-order valence-corrected chi connectivity index (χ2v) is 9.43. The number of anilines is 1. The summed E-state index contributed by atoms with van der Waals surface area (Å²) in [5.41, 5.74) is 8.84. The van der Waals surface area contributed by atoms with Crippen molar-refractivity contribution in [2.45, 2.75) is 50.1 Å². The van der Waals surface area contributed by atoms with Gasteiger partial charge in [-0.15, -0.1) is 0 Å². The fourth-order valence-corrected chi connectivity index (χ4v) is 4.70. The molecule has 37 heavy (non-hydrogen) atoms. The number of fused-ring (bicyclic) bond motifs is 1. The number of nitrogen functional groups attached to an aromatic ring is 1. The SMILES string of the molecule is COC(=O)c1cccc(CC(=O)CCCCN(C)C[C@H]2O[C@@H](c3c[nH]c4c(N)ncnc34)[C@H](O)[C@@H]2O)c1. The minimum absolute atomic E-state index is 0.105.